The van der Waals surface area contributed by atoms with Gasteiger partial charge in [0, 0.05) is 5.69 Å². The van der Waals surface area contributed by atoms with Gasteiger partial charge >= 0.3 is 0 Å². The lowest BCUT2D eigenvalue weighted by molar-refractivity contribution is -0.115. The SMILES string of the molecule is CC(Br)C(=O)Nc1ccc(C#N)cc1. The number of benzene rings is 1. The van der Waals surface area contributed by atoms with E-state index in [0.29, 0.717) is 11.3 Å². The molecule has 1 aromatic carbocycles. The summed E-state index contributed by atoms with van der Waals surface area (Å²) < 4.78 is 0. The maximum Gasteiger partial charge on any atom is 0.237 e. The van der Waals surface area contributed by atoms with Crippen LogP contribution in [0.2, 0.25) is 0 Å². The number of rotatable bonds is 2. The normalized spacial score (nSPS) is 11.5. The van der Waals surface area contributed by atoms with Gasteiger partial charge in [-0.1, -0.05) is 15.9 Å². The largest absolute Gasteiger partial charge is 0.325 e. The van der Waals surface area contributed by atoms with Crippen LogP contribution in [0.3, 0.4) is 0 Å². The van der Waals surface area contributed by atoms with Gasteiger partial charge in [-0.25, -0.2) is 0 Å². The standard InChI is InChI=1S/C10H9BrN2O/c1-7(11)10(14)13-9-4-2-8(6-12)3-5-9/h2-5,7H,1H3,(H,13,14). The Labute approximate surface area is 90.9 Å². The molecule has 0 heterocycles. The first-order valence-electron chi connectivity index (χ1n) is 4.08. The van der Waals surface area contributed by atoms with Crippen LogP contribution >= 0.6 is 15.9 Å². The van der Waals surface area contributed by atoms with E-state index < -0.39 is 0 Å². The number of anilines is 1. The summed E-state index contributed by atoms with van der Waals surface area (Å²) in [7, 11) is 0. The van der Waals surface area contributed by atoms with Crippen molar-refractivity contribution in [1.29, 1.82) is 5.26 Å². The lowest BCUT2D eigenvalue weighted by Gasteiger charge is -2.05. The molecule has 14 heavy (non-hydrogen) atoms. The Hall–Kier alpha value is -1.34. The van der Waals surface area contributed by atoms with Gasteiger partial charge in [0.1, 0.15) is 0 Å². The first-order valence-corrected chi connectivity index (χ1v) is 5.00. The quantitative estimate of drug-likeness (QED) is 0.822. The van der Waals surface area contributed by atoms with Crippen LogP contribution in [0.15, 0.2) is 24.3 Å². The van der Waals surface area contributed by atoms with E-state index in [9.17, 15) is 4.79 Å². The van der Waals surface area contributed by atoms with Crippen molar-refractivity contribution < 1.29 is 4.79 Å². The van der Waals surface area contributed by atoms with Crippen LogP contribution in [0.25, 0.3) is 0 Å². The first-order chi connectivity index (χ1) is 6.63. The fourth-order valence-corrected chi connectivity index (χ4v) is 0.984. The second-order valence-electron chi connectivity index (χ2n) is 2.79. The highest BCUT2D eigenvalue weighted by Gasteiger charge is 2.07. The summed E-state index contributed by atoms with van der Waals surface area (Å²) in [5.41, 5.74) is 1.27. The van der Waals surface area contributed by atoms with Crippen molar-refractivity contribution in [2.75, 3.05) is 5.32 Å². The number of nitrogens with one attached hydrogen (secondary N) is 1. The Morgan fingerprint density at radius 1 is 1.50 bits per heavy atom. The number of nitriles is 1. The molecule has 0 aliphatic heterocycles. The minimum atomic E-state index is -0.224. The Balaban J connectivity index is 2.70. The first kappa shape index (κ1) is 10.7. The van der Waals surface area contributed by atoms with Gasteiger partial charge in [-0.3, -0.25) is 4.79 Å². The summed E-state index contributed by atoms with van der Waals surface area (Å²) in [5.74, 6) is -0.102. The molecule has 0 aliphatic rings. The number of carbonyl (C=O) groups excluding carboxylic acids is 1. The van der Waals surface area contributed by atoms with Crippen molar-refractivity contribution in [2.24, 2.45) is 0 Å². The van der Waals surface area contributed by atoms with Gasteiger partial charge in [0.25, 0.3) is 0 Å². The van der Waals surface area contributed by atoms with E-state index in [1.54, 1.807) is 31.2 Å². The van der Waals surface area contributed by atoms with Crippen molar-refractivity contribution in [2.45, 2.75) is 11.8 Å². The molecule has 1 rings (SSSR count). The predicted molar refractivity (Wildman–Crippen MR) is 58.2 cm³/mol. The maximum atomic E-state index is 11.2. The number of hydrogen-bond acceptors (Lipinski definition) is 2. The van der Waals surface area contributed by atoms with Crippen molar-refractivity contribution in [3.05, 3.63) is 29.8 Å². The molecule has 4 heteroatoms. The minimum absolute atomic E-state index is 0.102. The molecule has 0 fully saturated rings. The molecule has 0 bridgehead atoms. The number of carbonyl (C=O) groups is 1. The predicted octanol–water partition coefficient (Wildman–Crippen LogP) is 2.28. The molecule has 0 spiro atoms. The van der Waals surface area contributed by atoms with Crippen LogP contribution in [-0.2, 0) is 4.79 Å². The molecule has 1 aromatic rings. The van der Waals surface area contributed by atoms with Gasteiger partial charge in [0.15, 0.2) is 0 Å². The molecule has 0 aromatic heterocycles. The molecule has 0 saturated heterocycles. The van der Waals surface area contributed by atoms with Gasteiger partial charge in [-0.2, -0.15) is 5.26 Å². The van der Waals surface area contributed by atoms with Crippen LogP contribution in [0.5, 0.6) is 0 Å². The molecule has 1 atom stereocenters. The summed E-state index contributed by atoms with van der Waals surface area (Å²) in [6.07, 6.45) is 0. The highest BCUT2D eigenvalue weighted by Crippen LogP contribution is 2.10. The van der Waals surface area contributed by atoms with Crippen LogP contribution in [0.4, 0.5) is 5.69 Å². The van der Waals surface area contributed by atoms with Crippen molar-refractivity contribution in [3.63, 3.8) is 0 Å². The molecular formula is C10H9BrN2O. The lowest BCUT2D eigenvalue weighted by atomic mass is 10.2. The Kier molecular flexibility index (Phi) is 3.66. The second kappa shape index (κ2) is 4.77. The fraction of sp³-hybridized carbons (Fsp3) is 0.200. The van der Waals surface area contributed by atoms with Gasteiger partial charge in [0.2, 0.25) is 5.91 Å². The molecule has 0 aliphatic carbocycles. The van der Waals surface area contributed by atoms with Crippen molar-refractivity contribution in [1.82, 2.24) is 0 Å². The zero-order chi connectivity index (χ0) is 10.6. The third kappa shape index (κ3) is 2.86. The topological polar surface area (TPSA) is 52.9 Å². The molecule has 1 unspecified atom stereocenters. The third-order valence-electron chi connectivity index (χ3n) is 1.64. The van der Waals surface area contributed by atoms with E-state index >= 15 is 0 Å². The summed E-state index contributed by atoms with van der Waals surface area (Å²) >= 11 is 3.16. The van der Waals surface area contributed by atoms with Gasteiger partial charge in [-0.15, -0.1) is 0 Å². The van der Waals surface area contributed by atoms with Crippen LogP contribution in [-0.4, -0.2) is 10.7 Å². The zero-order valence-electron chi connectivity index (χ0n) is 7.62. The Bertz CT molecular complexity index is 365. The highest BCUT2D eigenvalue weighted by atomic mass is 79.9. The Morgan fingerprint density at radius 2 is 2.07 bits per heavy atom. The number of halogens is 1. The monoisotopic (exact) mass is 252 g/mol. The van der Waals surface area contributed by atoms with E-state index in [-0.39, 0.29) is 10.7 Å². The van der Waals surface area contributed by atoms with E-state index in [4.69, 9.17) is 5.26 Å². The summed E-state index contributed by atoms with van der Waals surface area (Å²) in [6.45, 7) is 1.75. The smallest absolute Gasteiger partial charge is 0.237 e. The summed E-state index contributed by atoms with van der Waals surface area (Å²) in [4.78, 5) is 11.0. The zero-order valence-corrected chi connectivity index (χ0v) is 9.21. The molecule has 72 valence electrons. The summed E-state index contributed by atoms with van der Waals surface area (Å²) in [6, 6.07) is 8.73. The number of alkyl halides is 1. The molecule has 1 N–H and O–H groups in total. The maximum absolute atomic E-state index is 11.2. The van der Waals surface area contributed by atoms with Crippen molar-refractivity contribution in [3.8, 4) is 6.07 Å². The number of amides is 1. The molecule has 0 radical (unpaired) electrons. The summed E-state index contributed by atoms with van der Waals surface area (Å²) in [5, 5.41) is 11.3. The van der Waals surface area contributed by atoms with Gasteiger partial charge < -0.3 is 5.32 Å². The third-order valence-corrected chi connectivity index (χ3v) is 2.06. The van der Waals surface area contributed by atoms with Crippen LogP contribution in [0.1, 0.15) is 12.5 Å². The van der Waals surface area contributed by atoms with E-state index in [2.05, 4.69) is 21.2 Å². The van der Waals surface area contributed by atoms with Crippen LogP contribution in [0, 0.1) is 11.3 Å². The van der Waals surface area contributed by atoms with E-state index in [1.807, 2.05) is 6.07 Å². The van der Waals surface area contributed by atoms with E-state index in [1.165, 1.54) is 0 Å². The van der Waals surface area contributed by atoms with Crippen LogP contribution < -0.4 is 5.32 Å². The van der Waals surface area contributed by atoms with Crippen molar-refractivity contribution >= 4 is 27.5 Å². The molecule has 3 nitrogen and oxygen atoms in total. The average Bonchev–Trinajstić information content (AvgIpc) is 2.19. The average molecular weight is 253 g/mol. The molecule has 0 saturated carbocycles. The molecular weight excluding hydrogens is 244 g/mol. The Morgan fingerprint density at radius 3 is 2.50 bits per heavy atom. The minimum Gasteiger partial charge on any atom is -0.325 e. The number of hydrogen-bond donors (Lipinski definition) is 1. The number of nitrogens with zero attached hydrogens (tertiary/aromatic N) is 1. The molecule has 1 amide bonds. The second-order valence-corrected chi connectivity index (χ2v) is 4.17. The van der Waals surface area contributed by atoms with Gasteiger partial charge in [-0.05, 0) is 31.2 Å². The fourth-order valence-electron chi connectivity index (χ4n) is 0.870. The lowest BCUT2D eigenvalue weighted by Crippen LogP contribution is -2.19. The van der Waals surface area contributed by atoms with E-state index in [0.717, 1.165) is 0 Å². The highest BCUT2D eigenvalue weighted by molar-refractivity contribution is 9.10. The van der Waals surface area contributed by atoms with Gasteiger partial charge in [0.05, 0.1) is 16.5 Å².